The molecule has 0 spiro atoms. The molecule has 2 aromatic rings. The van der Waals surface area contributed by atoms with Crippen molar-refractivity contribution in [2.24, 2.45) is 28.6 Å². The lowest BCUT2D eigenvalue weighted by Crippen LogP contribution is -2.50. The van der Waals surface area contributed by atoms with Crippen molar-refractivity contribution in [1.29, 1.82) is 0 Å². The van der Waals surface area contributed by atoms with Gasteiger partial charge in [0, 0.05) is 23.8 Å². The van der Waals surface area contributed by atoms with E-state index in [2.05, 4.69) is 74.2 Å². The summed E-state index contributed by atoms with van der Waals surface area (Å²) in [6.07, 6.45) is 18.6. The zero-order chi connectivity index (χ0) is 22.1. The fourth-order valence-electron chi connectivity index (χ4n) is 8.35. The van der Waals surface area contributed by atoms with Gasteiger partial charge in [0.25, 0.3) is 0 Å². The van der Waals surface area contributed by atoms with Crippen LogP contribution in [0.1, 0.15) is 64.4 Å². The van der Waals surface area contributed by atoms with E-state index in [4.69, 9.17) is 0 Å². The molecular formula is C30H38N2. The Labute approximate surface area is 193 Å². The second-order valence-corrected chi connectivity index (χ2v) is 11.9. The molecule has 0 amide bonds. The molecule has 0 bridgehead atoms. The Morgan fingerprint density at radius 2 is 1.75 bits per heavy atom. The van der Waals surface area contributed by atoms with E-state index in [1.165, 1.54) is 61.3 Å². The Hall–Kier alpha value is -1.93. The van der Waals surface area contributed by atoms with Crippen molar-refractivity contribution in [3.05, 3.63) is 59.9 Å². The van der Waals surface area contributed by atoms with Crippen LogP contribution in [-0.2, 0) is 0 Å². The lowest BCUT2D eigenvalue weighted by atomic mass is 9.47. The molecule has 0 unspecified atom stereocenters. The van der Waals surface area contributed by atoms with Crippen molar-refractivity contribution in [2.75, 3.05) is 14.1 Å². The minimum absolute atomic E-state index is 0.319. The molecule has 2 heteroatoms. The lowest BCUT2D eigenvalue weighted by Gasteiger charge is -2.58. The predicted octanol–water partition coefficient (Wildman–Crippen LogP) is 7.12. The molecule has 1 aromatic carbocycles. The molecular weight excluding hydrogens is 388 g/mol. The SMILES string of the molecule is CN(C)[C@@H]1CC[C@@]2(C)C(=CC[C@@H]3[C@@H]2CC[C@]2(C)C(c4ccc5ccncc5c4)=CC[C@@H]32)C1. The molecule has 6 rings (SSSR count). The van der Waals surface area contributed by atoms with Gasteiger partial charge in [0.15, 0.2) is 0 Å². The van der Waals surface area contributed by atoms with Crippen LogP contribution in [0.25, 0.3) is 16.3 Å². The van der Waals surface area contributed by atoms with Crippen LogP contribution < -0.4 is 0 Å². The Bertz CT molecular complexity index is 1110. The van der Waals surface area contributed by atoms with Crippen LogP contribution >= 0.6 is 0 Å². The Balaban J connectivity index is 1.31. The zero-order valence-electron chi connectivity index (χ0n) is 20.3. The first-order valence-electron chi connectivity index (χ1n) is 12.8. The van der Waals surface area contributed by atoms with E-state index in [0.29, 0.717) is 10.8 Å². The van der Waals surface area contributed by atoms with E-state index in [0.717, 1.165) is 23.8 Å². The highest BCUT2D eigenvalue weighted by Gasteiger charge is 2.56. The second kappa shape index (κ2) is 7.29. The molecule has 1 heterocycles. The average Bonchev–Trinajstić information content (AvgIpc) is 3.15. The van der Waals surface area contributed by atoms with Gasteiger partial charge in [0.2, 0.25) is 0 Å². The van der Waals surface area contributed by atoms with Crippen LogP contribution in [0.5, 0.6) is 0 Å². The number of fused-ring (bicyclic) bond motifs is 6. The van der Waals surface area contributed by atoms with Crippen LogP contribution in [-0.4, -0.2) is 30.0 Å². The third-order valence-corrected chi connectivity index (χ3v) is 10.3. The van der Waals surface area contributed by atoms with E-state index >= 15 is 0 Å². The summed E-state index contributed by atoms with van der Waals surface area (Å²) in [6, 6.07) is 9.89. The maximum atomic E-state index is 4.37. The molecule has 4 aliphatic carbocycles. The van der Waals surface area contributed by atoms with Gasteiger partial charge in [-0.3, -0.25) is 4.98 Å². The fourth-order valence-corrected chi connectivity index (χ4v) is 8.35. The number of hydrogen-bond acceptors (Lipinski definition) is 2. The smallest absolute Gasteiger partial charge is 0.0346 e. The Morgan fingerprint density at radius 1 is 0.906 bits per heavy atom. The highest BCUT2D eigenvalue weighted by Crippen LogP contribution is 2.66. The number of nitrogens with zero attached hydrogens (tertiary/aromatic N) is 2. The van der Waals surface area contributed by atoms with Gasteiger partial charge in [-0.15, -0.1) is 0 Å². The topological polar surface area (TPSA) is 16.1 Å². The van der Waals surface area contributed by atoms with Crippen molar-refractivity contribution in [1.82, 2.24) is 9.88 Å². The number of hydrogen-bond donors (Lipinski definition) is 0. The van der Waals surface area contributed by atoms with E-state index < -0.39 is 0 Å². The highest BCUT2D eigenvalue weighted by molar-refractivity contribution is 5.86. The molecule has 0 aliphatic heterocycles. The van der Waals surface area contributed by atoms with Crippen molar-refractivity contribution in [3.63, 3.8) is 0 Å². The van der Waals surface area contributed by atoms with E-state index in [9.17, 15) is 0 Å². The summed E-state index contributed by atoms with van der Waals surface area (Å²) in [7, 11) is 4.53. The van der Waals surface area contributed by atoms with Crippen molar-refractivity contribution in [2.45, 2.75) is 64.8 Å². The lowest BCUT2D eigenvalue weighted by molar-refractivity contribution is -0.0164. The standard InChI is InChI=1S/C30H38N2/c1-29-14-11-24(32(3)4)18-23(29)7-8-25-27-10-9-26(30(27,2)15-12-28(25)29)21-6-5-20-13-16-31-19-22(20)17-21/h5-7,9,13,16-17,19,24-25,27-28H,8,10-12,14-15,18H2,1-4H3/t24-,25+,27+,28+,29+,30-/m1/s1. The highest BCUT2D eigenvalue weighted by atomic mass is 15.1. The summed E-state index contributed by atoms with van der Waals surface area (Å²) < 4.78 is 0. The molecule has 6 atom stereocenters. The molecule has 0 saturated heterocycles. The first kappa shape index (κ1) is 20.7. The van der Waals surface area contributed by atoms with Crippen LogP contribution in [0.2, 0.25) is 0 Å². The summed E-state index contributed by atoms with van der Waals surface area (Å²) in [5.74, 6) is 2.51. The largest absolute Gasteiger partial charge is 0.306 e. The number of benzene rings is 1. The van der Waals surface area contributed by atoms with Crippen LogP contribution in [0.3, 0.4) is 0 Å². The van der Waals surface area contributed by atoms with E-state index in [1.54, 1.807) is 11.1 Å². The fraction of sp³-hybridized carbons (Fsp3) is 0.567. The molecule has 1 aromatic heterocycles. The van der Waals surface area contributed by atoms with Gasteiger partial charge in [-0.25, -0.2) is 0 Å². The number of aromatic nitrogens is 1. The molecule has 32 heavy (non-hydrogen) atoms. The summed E-state index contributed by atoms with van der Waals surface area (Å²) in [6.45, 7) is 5.22. The number of allylic oxidation sites excluding steroid dienone is 3. The Kier molecular flexibility index (Phi) is 4.70. The van der Waals surface area contributed by atoms with E-state index in [1.807, 2.05) is 12.4 Å². The number of rotatable bonds is 2. The van der Waals surface area contributed by atoms with Crippen LogP contribution in [0, 0.1) is 28.6 Å². The van der Waals surface area contributed by atoms with Gasteiger partial charge in [0.05, 0.1) is 0 Å². The third kappa shape index (κ3) is 2.91. The van der Waals surface area contributed by atoms with Crippen molar-refractivity contribution in [3.8, 4) is 0 Å². The molecule has 0 radical (unpaired) electrons. The maximum Gasteiger partial charge on any atom is 0.0346 e. The minimum atomic E-state index is 0.319. The summed E-state index contributed by atoms with van der Waals surface area (Å²) in [5, 5.41) is 2.56. The van der Waals surface area contributed by atoms with Gasteiger partial charge in [-0.2, -0.15) is 0 Å². The quantitative estimate of drug-likeness (QED) is 0.475. The second-order valence-electron chi connectivity index (χ2n) is 11.9. The van der Waals surface area contributed by atoms with Crippen LogP contribution in [0.15, 0.2) is 54.4 Å². The molecule has 2 nitrogen and oxygen atoms in total. The summed E-state index contributed by atoms with van der Waals surface area (Å²) in [4.78, 5) is 6.82. The molecule has 2 fully saturated rings. The normalized spacial score (nSPS) is 38.7. The van der Waals surface area contributed by atoms with Gasteiger partial charge >= 0.3 is 0 Å². The molecule has 0 N–H and O–H groups in total. The molecule has 168 valence electrons. The van der Waals surface area contributed by atoms with E-state index in [-0.39, 0.29) is 0 Å². The number of pyridine rings is 1. The van der Waals surface area contributed by atoms with Crippen LogP contribution in [0.4, 0.5) is 0 Å². The average molecular weight is 427 g/mol. The van der Waals surface area contributed by atoms with Crippen molar-refractivity contribution < 1.29 is 0 Å². The van der Waals surface area contributed by atoms with Gasteiger partial charge < -0.3 is 4.90 Å². The van der Waals surface area contributed by atoms with Gasteiger partial charge in [-0.05, 0) is 116 Å². The predicted molar refractivity (Wildman–Crippen MR) is 134 cm³/mol. The van der Waals surface area contributed by atoms with Gasteiger partial charge in [-0.1, -0.05) is 43.7 Å². The maximum absolute atomic E-state index is 4.37. The molecule has 4 aliphatic rings. The summed E-state index contributed by atoms with van der Waals surface area (Å²) in [5.41, 5.74) is 5.59. The monoisotopic (exact) mass is 426 g/mol. The minimum Gasteiger partial charge on any atom is -0.306 e. The zero-order valence-corrected chi connectivity index (χ0v) is 20.3. The molecule has 2 saturated carbocycles. The summed E-state index contributed by atoms with van der Waals surface area (Å²) >= 11 is 0. The first-order valence-corrected chi connectivity index (χ1v) is 12.8. The Morgan fingerprint density at radius 3 is 2.59 bits per heavy atom. The first-order chi connectivity index (χ1) is 15.4. The third-order valence-electron chi connectivity index (χ3n) is 10.3. The van der Waals surface area contributed by atoms with Gasteiger partial charge in [0.1, 0.15) is 0 Å². The van der Waals surface area contributed by atoms with Crippen molar-refractivity contribution >= 4 is 16.3 Å².